The number of amides is 1. The van der Waals surface area contributed by atoms with Gasteiger partial charge in [0.2, 0.25) is 5.88 Å². The number of thiophene rings is 1. The number of hydrogen-bond donors (Lipinski definition) is 1. The van der Waals surface area contributed by atoms with Gasteiger partial charge in [-0.25, -0.2) is 4.98 Å². The summed E-state index contributed by atoms with van der Waals surface area (Å²) in [6.45, 7) is 0.452. The summed E-state index contributed by atoms with van der Waals surface area (Å²) in [5, 5.41) is 6.60. The van der Waals surface area contributed by atoms with Gasteiger partial charge in [0.15, 0.2) is 0 Å². The number of benzene rings is 1. The number of nitrogens with one attached hydrogen (secondary N) is 1. The topological polar surface area (TPSA) is 51.2 Å². The Morgan fingerprint density at radius 2 is 2.14 bits per heavy atom. The third kappa shape index (κ3) is 3.71. The summed E-state index contributed by atoms with van der Waals surface area (Å²) in [5.74, 6) is 1.17. The minimum atomic E-state index is -0.0719. The number of nitrogens with zero attached hydrogens (tertiary/aromatic N) is 1. The van der Waals surface area contributed by atoms with E-state index in [1.165, 1.54) is 11.3 Å². The fourth-order valence-electron chi connectivity index (χ4n) is 1.93. The van der Waals surface area contributed by atoms with Crippen LogP contribution in [0.25, 0.3) is 0 Å². The average molecular weight is 310 g/mol. The minimum Gasteiger partial charge on any atom is -0.439 e. The highest BCUT2D eigenvalue weighted by molar-refractivity contribution is 7.08. The maximum absolute atomic E-state index is 11.9. The van der Waals surface area contributed by atoms with E-state index in [0.717, 1.165) is 5.56 Å². The molecule has 3 aromatic rings. The normalized spacial score (nSPS) is 10.2. The summed E-state index contributed by atoms with van der Waals surface area (Å²) >= 11 is 1.51. The fraction of sp³-hybridized carbons (Fsp3) is 0.0588. The van der Waals surface area contributed by atoms with Crippen LogP contribution in [0.4, 0.5) is 0 Å². The molecule has 5 heteroatoms. The Hall–Kier alpha value is -2.66. The van der Waals surface area contributed by atoms with Gasteiger partial charge in [0, 0.05) is 29.8 Å². The van der Waals surface area contributed by atoms with Crippen LogP contribution < -0.4 is 10.1 Å². The van der Waals surface area contributed by atoms with Crippen LogP contribution in [0.15, 0.2) is 65.5 Å². The lowest BCUT2D eigenvalue weighted by atomic mass is 10.2. The van der Waals surface area contributed by atoms with Gasteiger partial charge in [0.25, 0.3) is 5.91 Å². The number of ether oxygens (including phenoxy) is 1. The van der Waals surface area contributed by atoms with Gasteiger partial charge in [0.05, 0.1) is 0 Å². The van der Waals surface area contributed by atoms with Crippen molar-refractivity contribution in [1.82, 2.24) is 10.3 Å². The van der Waals surface area contributed by atoms with Crippen molar-refractivity contribution in [3.63, 3.8) is 0 Å². The second-order valence-corrected chi connectivity index (χ2v) is 5.39. The van der Waals surface area contributed by atoms with Crippen molar-refractivity contribution >= 4 is 17.2 Å². The molecular weight excluding hydrogens is 296 g/mol. The van der Waals surface area contributed by atoms with Crippen molar-refractivity contribution in [2.45, 2.75) is 6.54 Å². The summed E-state index contributed by atoms with van der Waals surface area (Å²) in [7, 11) is 0. The molecule has 0 bridgehead atoms. The first-order chi connectivity index (χ1) is 10.8. The van der Waals surface area contributed by atoms with Crippen molar-refractivity contribution in [3.8, 4) is 11.6 Å². The van der Waals surface area contributed by atoms with Crippen molar-refractivity contribution in [1.29, 1.82) is 0 Å². The predicted molar refractivity (Wildman–Crippen MR) is 86.2 cm³/mol. The van der Waals surface area contributed by atoms with Crippen molar-refractivity contribution in [3.05, 3.63) is 76.6 Å². The van der Waals surface area contributed by atoms with Crippen LogP contribution in [0.1, 0.15) is 15.9 Å². The molecular formula is C17H14N2O2S. The van der Waals surface area contributed by atoms with Gasteiger partial charge in [0.1, 0.15) is 5.75 Å². The van der Waals surface area contributed by atoms with E-state index in [2.05, 4.69) is 10.3 Å². The Balaban J connectivity index is 1.63. The molecule has 110 valence electrons. The lowest BCUT2D eigenvalue weighted by molar-refractivity contribution is 0.0951. The van der Waals surface area contributed by atoms with Gasteiger partial charge in [-0.2, -0.15) is 11.3 Å². The molecule has 0 radical (unpaired) electrons. The molecule has 0 aliphatic carbocycles. The molecule has 4 nitrogen and oxygen atoms in total. The molecule has 0 spiro atoms. The van der Waals surface area contributed by atoms with Crippen LogP contribution in [0.5, 0.6) is 11.6 Å². The third-order valence-corrected chi connectivity index (χ3v) is 3.68. The molecule has 0 unspecified atom stereocenters. The Labute approximate surface area is 132 Å². The van der Waals surface area contributed by atoms with Crippen LogP contribution in [-0.2, 0) is 6.54 Å². The Kier molecular flexibility index (Phi) is 4.46. The van der Waals surface area contributed by atoms with E-state index in [1.54, 1.807) is 18.3 Å². The number of carbonyl (C=O) groups excluding carboxylic acids is 1. The van der Waals surface area contributed by atoms with E-state index in [1.807, 2.05) is 47.2 Å². The molecule has 0 aliphatic rings. The Morgan fingerprint density at radius 3 is 2.91 bits per heavy atom. The molecule has 22 heavy (non-hydrogen) atoms. The molecule has 0 aliphatic heterocycles. The fourth-order valence-corrected chi connectivity index (χ4v) is 2.56. The first kappa shape index (κ1) is 14.3. The maximum Gasteiger partial charge on any atom is 0.252 e. The molecule has 0 saturated carbocycles. The van der Waals surface area contributed by atoms with Gasteiger partial charge in [-0.15, -0.1) is 0 Å². The van der Waals surface area contributed by atoms with Crippen LogP contribution >= 0.6 is 11.3 Å². The van der Waals surface area contributed by atoms with Gasteiger partial charge >= 0.3 is 0 Å². The molecule has 0 saturated heterocycles. The summed E-state index contributed by atoms with van der Waals surface area (Å²) in [4.78, 5) is 16.0. The quantitative estimate of drug-likeness (QED) is 0.778. The zero-order chi connectivity index (χ0) is 15.2. The molecule has 2 heterocycles. The molecule has 1 amide bonds. The zero-order valence-electron chi connectivity index (χ0n) is 11.7. The Morgan fingerprint density at radius 1 is 1.18 bits per heavy atom. The van der Waals surface area contributed by atoms with E-state index in [9.17, 15) is 4.79 Å². The highest BCUT2D eigenvalue weighted by Crippen LogP contribution is 2.20. The summed E-state index contributed by atoms with van der Waals surface area (Å²) < 4.78 is 5.68. The lowest BCUT2D eigenvalue weighted by Gasteiger charge is -2.08. The van der Waals surface area contributed by atoms with Crippen molar-refractivity contribution < 1.29 is 9.53 Å². The van der Waals surface area contributed by atoms with Crippen LogP contribution in [-0.4, -0.2) is 10.9 Å². The van der Waals surface area contributed by atoms with E-state index in [4.69, 9.17) is 4.74 Å². The van der Waals surface area contributed by atoms with Gasteiger partial charge < -0.3 is 10.1 Å². The summed E-state index contributed by atoms with van der Waals surface area (Å²) in [5.41, 5.74) is 1.66. The number of hydrogen-bond acceptors (Lipinski definition) is 4. The van der Waals surface area contributed by atoms with E-state index >= 15 is 0 Å². The third-order valence-electron chi connectivity index (χ3n) is 3.00. The number of carbonyl (C=O) groups is 1. The first-order valence-electron chi connectivity index (χ1n) is 6.79. The predicted octanol–water partition coefficient (Wildman–Crippen LogP) is 3.87. The van der Waals surface area contributed by atoms with Crippen molar-refractivity contribution in [2.24, 2.45) is 0 Å². The first-order valence-corrected chi connectivity index (χ1v) is 7.74. The Bertz CT molecular complexity index is 742. The number of pyridine rings is 1. The zero-order valence-corrected chi connectivity index (χ0v) is 12.5. The summed E-state index contributed by atoms with van der Waals surface area (Å²) in [6.07, 6.45) is 1.68. The molecule has 0 atom stereocenters. The second kappa shape index (κ2) is 6.87. The lowest BCUT2D eigenvalue weighted by Crippen LogP contribution is -2.22. The summed E-state index contributed by atoms with van der Waals surface area (Å²) in [6, 6.07) is 14.9. The van der Waals surface area contributed by atoms with E-state index in [-0.39, 0.29) is 5.91 Å². The standard InChI is InChI=1S/C17H14N2O2S/c20-17(14-7-9-22-12-14)19-11-13-4-3-5-15(10-13)21-16-6-1-2-8-18-16/h1-10,12H,11H2,(H,19,20). The van der Waals surface area contributed by atoms with Gasteiger partial charge in [-0.1, -0.05) is 18.2 Å². The molecule has 0 fully saturated rings. The highest BCUT2D eigenvalue weighted by Gasteiger charge is 2.06. The smallest absolute Gasteiger partial charge is 0.252 e. The SMILES string of the molecule is O=C(NCc1cccc(Oc2ccccn2)c1)c1ccsc1. The molecule has 2 aromatic heterocycles. The van der Waals surface area contributed by atoms with E-state index in [0.29, 0.717) is 23.7 Å². The monoisotopic (exact) mass is 310 g/mol. The van der Waals surface area contributed by atoms with Crippen LogP contribution in [0.3, 0.4) is 0 Å². The van der Waals surface area contributed by atoms with E-state index < -0.39 is 0 Å². The second-order valence-electron chi connectivity index (χ2n) is 4.61. The number of aromatic nitrogens is 1. The number of rotatable bonds is 5. The average Bonchev–Trinajstić information content (AvgIpc) is 3.08. The highest BCUT2D eigenvalue weighted by atomic mass is 32.1. The maximum atomic E-state index is 11.9. The largest absolute Gasteiger partial charge is 0.439 e. The van der Waals surface area contributed by atoms with Gasteiger partial charge in [-0.05, 0) is 35.2 Å². The molecule has 1 N–H and O–H groups in total. The van der Waals surface area contributed by atoms with Crippen LogP contribution in [0, 0.1) is 0 Å². The molecule has 1 aromatic carbocycles. The minimum absolute atomic E-state index is 0.0719. The van der Waals surface area contributed by atoms with Crippen molar-refractivity contribution in [2.75, 3.05) is 0 Å². The molecule has 3 rings (SSSR count). The van der Waals surface area contributed by atoms with Crippen LogP contribution in [0.2, 0.25) is 0 Å². The van der Waals surface area contributed by atoms with Gasteiger partial charge in [-0.3, -0.25) is 4.79 Å².